The van der Waals surface area contributed by atoms with Gasteiger partial charge in [0.2, 0.25) is 0 Å². The highest BCUT2D eigenvalue weighted by Crippen LogP contribution is 2.17. The number of aryl methyl sites for hydroxylation is 3. The Morgan fingerprint density at radius 3 is 2.64 bits per heavy atom. The van der Waals surface area contributed by atoms with Crippen molar-refractivity contribution in [2.45, 2.75) is 33.4 Å². The molecule has 0 atom stereocenters. The second-order valence-corrected chi connectivity index (χ2v) is 7.62. The van der Waals surface area contributed by atoms with E-state index in [-0.39, 0.29) is 5.91 Å². The summed E-state index contributed by atoms with van der Waals surface area (Å²) in [6.07, 6.45) is 0.833. The average molecular weight is 442 g/mol. The van der Waals surface area contributed by atoms with Crippen molar-refractivity contribution in [3.05, 3.63) is 81.6 Å². The van der Waals surface area contributed by atoms with Crippen molar-refractivity contribution in [1.29, 1.82) is 0 Å². The summed E-state index contributed by atoms with van der Waals surface area (Å²) in [5.41, 5.74) is 3.76. The number of ether oxygens (including phenoxy) is 1. The van der Waals surface area contributed by atoms with Gasteiger partial charge in [0.15, 0.2) is 0 Å². The molecule has 0 aliphatic carbocycles. The SMILES string of the molecule is Cc1cc(C)n(CCCNC(=O)c2cccc(COc3ccc(Br)cc3)c2)n1. The number of hydrogen-bond donors (Lipinski definition) is 1. The molecule has 146 valence electrons. The van der Waals surface area contributed by atoms with E-state index in [4.69, 9.17) is 4.74 Å². The van der Waals surface area contributed by atoms with Crippen molar-refractivity contribution < 1.29 is 9.53 Å². The summed E-state index contributed by atoms with van der Waals surface area (Å²) in [4.78, 5) is 12.4. The Labute approximate surface area is 173 Å². The smallest absolute Gasteiger partial charge is 0.251 e. The van der Waals surface area contributed by atoms with E-state index in [1.54, 1.807) is 0 Å². The maximum absolute atomic E-state index is 12.4. The third-order valence-electron chi connectivity index (χ3n) is 4.34. The van der Waals surface area contributed by atoms with Crippen LogP contribution in [-0.4, -0.2) is 22.2 Å². The monoisotopic (exact) mass is 441 g/mol. The van der Waals surface area contributed by atoms with Crippen molar-refractivity contribution in [3.8, 4) is 5.75 Å². The molecule has 28 heavy (non-hydrogen) atoms. The lowest BCUT2D eigenvalue weighted by Gasteiger charge is -2.09. The number of halogens is 1. The molecule has 0 saturated heterocycles. The molecule has 1 amide bonds. The van der Waals surface area contributed by atoms with Gasteiger partial charge in [-0.1, -0.05) is 28.1 Å². The molecule has 0 unspecified atom stereocenters. The predicted octanol–water partition coefficient (Wildman–Crippen LogP) is 4.66. The van der Waals surface area contributed by atoms with Crippen LogP contribution >= 0.6 is 15.9 Å². The largest absolute Gasteiger partial charge is 0.489 e. The van der Waals surface area contributed by atoms with Crippen LogP contribution in [0.1, 0.15) is 33.7 Å². The Balaban J connectivity index is 1.47. The number of benzene rings is 2. The van der Waals surface area contributed by atoms with E-state index in [1.807, 2.05) is 67.1 Å². The summed E-state index contributed by atoms with van der Waals surface area (Å²) < 4.78 is 8.76. The van der Waals surface area contributed by atoms with Gasteiger partial charge in [0.05, 0.1) is 5.69 Å². The first-order chi connectivity index (χ1) is 13.5. The number of carbonyl (C=O) groups excluding carboxylic acids is 1. The first-order valence-electron chi connectivity index (χ1n) is 9.28. The number of nitrogens with one attached hydrogen (secondary N) is 1. The fraction of sp³-hybridized carbons (Fsp3) is 0.273. The quantitative estimate of drug-likeness (QED) is 0.517. The molecule has 0 bridgehead atoms. The van der Waals surface area contributed by atoms with E-state index in [0.717, 1.165) is 40.1 Å². The van der Waals surface area contributed by atoms with Crippen LogP contribution in [-0.2, 0) is 13.2 Å². The van der Waals surface area contributed by atoms with Crippen LogP contribution in [0.2, 0.25) is 0 Å². The van der Waals surface area contributed by atoms with Gasteiger partial charge >= 0.3 is 0 Å². The van der Waals surface area contributed by atoms with Gasteiger partial charge in [-0.15, -0.1) is 0 Å². The Kier molecular flexibility index (Phi) is 6.87. The molecule has 0 aliphatic heterocycles. The molecule has 2 aromatic carbocycles. The van der Waals surface area contributed by atoms with Crippen molar-refractivity contribution in [2.24, 2.45) is 0 Å². The number of rotatable bonds is 8. The average Bonchev–Trinajstić information content (AvgIpc) is 3.02. The van der Waals surface area contributed by atoms with Gasteiger partial charge in [-0.25, -0.2) is 0 Å². The predicted molar refractivity (Wildman–Crippen MR) is 114 cm³/mol. The van der Waals surface area contributed by atoms with E-state index in [2.05, 4.69) is 32.4 Å². The molecule has 3 aromatic rings. The molecule has 5 nitrogen and oxygen atoms in total. The minimum absolute atomic E-state index is 0.0705. The lowest BCUT2D eigenvalue weighted by Crippen LogP contribution is -2.25. The second kappa shape index (κ2) is 9.55. The van der Waals surface area contributed by atoms with Gasteiger partial charge in [-0.05, 0) is 68.3 Å². The Hall–Kier alpha value is -2.60. The highest BCUT2D eigenvalue weighted by Gasteiger charge is 2.07. The van der Waals surface area contributed by atoms with Crippen molar-refractivity contribution in [3.63, 3.8) is 0 Å². The van der Waals surface area contributed by atoms with E-state index >= 15 is 0 Å². The highest BCUT2D eigenvalue weighted by atomic mass is 79.9. The number of nitrogens with zero attached hydrogens (tertiary/aromatic N) is 2. The molecular weight excluding hydrogens is 418 g/mol. The minimum Gasteiger partial charge on any atom is -0.489 e. The van der Waals surface area contributed by atoms with Gasteiger partial charge < -0.3 is 10.1 Å². The molecule has 0 saturated carbocycles. The minimum atomic E-state index is -0.0705. The third kappa shape index (κ3) is 5.70. The molecule has 1 heterocycles. The number of aromatic nitrogens is 2. The lowest BCUT2D eigenvalue weighted by molar-refractivity contribution is 0.0952. The summed E-state index contributed by atoms with van der Waals surface area (Å²) in [5.74, 6) is 0.723. The Morgan fingerprint density at radius 2 is 1.93 bits per heavy atom. The maximum atomic E-state index is 12.4. The van der Waals surface area contributed by atoms with Gasteiger partial charge in [0, 0.05) is 28.8 Å². The Morgan fingerprint density at radius 1 is 1.14 bits per heavy atom. The summed E-state index contributed by atoms with van der Waals surface area (Å²) in [6.45, 7) is 5.84. The molecule has 1 aromatic heterocycles. The van der Waals surface area contributed by atoms with Crippen molar-refractivity contribution >= 4 is 21.8 Å². The van der Waals surface area contributed by atoms with E-state index in [0.29, 0.717) is 18.7 Å². The summed E-state index contributed by atoms with van der Waals surface area (Å²) in [6, 6.07) is 17.3. The van der Waals surface area contributed by atoms with Crippen molar-refractivity contribution in [2.75, 3.05) is 6.54 Å². The first kappa shape index (κ1) is 20.1. The first-order valence-corrected chi connectivity index (χ1v) is 10.1. The van der Waals surface area contributed by atoms with Gasteiger partial charge in [0.1, 0.15) is 12.4 Å². The molecule has 1 N–H and O–H groups in total. The van der Waals surface area contributed by atoms with Crippen LogP contribution in [0.4, 0.5) is 0 Å². The zero-order valence-corrected chi connectivity index (χ0v) is 17.7. The van der Waals surface area contributed by atoms with Gasteiger partial charge in [-0.2, -0.15) is 5.10 Å². The van der Waals surface area contributed by atoms with Crippen molar-refractivity contribution in [1.82, 2.24) is 15.1 Å². The number of carbonyl (C=O) groups is 1. The molecule has 0 radical (unpaired) electrons. The zero-order chi connectivity index (χ0) is 19.9. The molecule has 6 heteroatoms. The highest BCUT2D eigenvalue weighted by molar-refractivity contribution is 9.10. The molecule has 0 aliphatic rings. The second-order valence-electron chi connectivity index (χ2n) is 6.70. The van der Waals surface area contributed by atoms with E-state index in [9.17, 15) is 4.79 Å². The van der Waals surface area contributed by atoms with Crippen LogP contribution in [0.15, 0.2) is 59.1 Å². The van der Waals surface area contributed by atoms with Crippen LogP contribution < -0.4 is 10.1 Å². The van der Waals surface area contributed by atoms with Gasteiger partial charge in [-0.3, -0.25) is 9.48 Å². The topological polar surface area (TPSA) is 56.2 Å². The fourth-order valence-electron chi connectivity index (χ4n) is 2.93. The lowest BCUT2D eigenvalue weighted by atomic mass is 10.1. The maximum Gasteiger partial charge on any atom is 0.251 e. The van der Waals surface area contributed by atoms with Crippen LogP contribution in [0.5, 0.6) is 5.75 Å². The summed E-state index contributed by atoms with van der Waals surface area (Å²) >= 11 is 3.41. The van der Waals surface area contributed by atoms with Crippen LogP contribution in [0, 0.1) is 13.8 Å². The fourth-order valence-corrected chi connectivity index (χ4v) is 3.20. The molecule has 3 rings (SSSR count). The normalized spacial score (nSPS) is 10.7. The number of amides is 1. The molecule has 0 spiro atoms. The zero-order valence-electron chi connectivity index (χ0n) is 16.1. The van der Waals surface area contributed by atoms with E-state index in [1.165, 1.54) is 0 Å². The third-order valence-corrected chi connectivity index (χ3v) is 4.87. The Bertz CT molecular complexity index is 935. The van der Waals surface area contributed by atoms with Crippen LogP contribution in [0.25, 0.3) is 0 Å². The summed E-state index contributed by atoms with van der Waals surface area (Å²) in [7, 11) is 0. The van der Waals surface area contributed by atoms with E-state index < -0.39 is 0 Å². The molecule has 0 fully saturated rings. The van der Waals surface area contributed by atoms with Gasteiger partial charge in [0.25, 0.3) is 5.91 Å². The van der Waals surface area contributed by atoms with Crippen LogP contribution in [0.3, 0.4) is 0 Å². The molecular formula is C22H24BrN3O2. The number of hydrogen-bond acceptors (Lipinski definition) is 3. The summed E-state index contributed by atoms with van der Waals surface area (Å²) in [5, 5.41) is 7.41. The standard InChI is InChI=1S/C22H24BrN3O2/c1-16-13-17(2)26(25-16)12-4-11-24-22(27)19-6-3-5-18(14-19)15-28-21-9-7-20(23)8-10-21/h3,5-10,13-14H,4,11-12,15H2,1-2H3,(H,24,27).